The molecule has 0 saturated carbocycles. The van der Waals surface area contributed by atoms with Gasteiger partial charge in [0.05, 0.1) is 19.1 Å². The average molecular weight is 255 g/mol. The maximum Gasteiger partial charge on any atom is 0.471 e. The molecule has 0 aromatic heterocycles. The normalized spacial score (nSPS) is 20.6. The zero-order valence-corrected chi connectivity index (χ0v) is 8.87. The highest BCUT2D eigenvalue weighted by molar-refractivity contribution is 5.82. The van der Waals surface area contributed by atoms with Crippen LogP contribution in [0.1, 0.15) is 12.8 Å². The minimum Gasteiger partial charge on any atom is -0.481 e. The Morgan fingerprint density at radius 1 is 1.41 bits per heavy atom. The Balaban J connectivity index is 2.32. The number of carbonyl (C=O) groups is 2. The fourth-order valence-corrected chi connectivity index (χ4v) is 1.54. The van der Waals surface area contributed by atoms with Crippen molar-refractivity contribution in [2.75, 3.05) is 19.7 Å². The van der Waals surface area contributed by atoms with Crippen LogP contribution in [0.3, 0.4) is 0 Å². The van der Waals surface area contributed by atoms with Crippen molar-refractivity contribution in [1.29, 1.82) is 0 Å². The smallest absolute Gasteiger partial charge is 0.471 e. The number of likely N-dealkylation sites (tertiary alicyclic amines) is 1. The minimum absolute atomic E-state index is 0.0178. The zero-order valence-electron chi connectivity index (χ0n) is 8.87. The van der Waals surface area contributed by atoms with Gasteiger partial charge in [-0.15, -0.1) is 0 Å². The van der Waals surface area contributed by atoms with E-state index in [4.69, 9.17) is 9.84 Å². The SMILES string of the molecule is O=C(O)CCOC1CCN(C(=O)C(F)(F)F)C1. The molecule has 0 radical (unpaired) electrons. The molecule has 1 aliphatic rings. The number of nitrogens with zero attached hydrogens (tertiary/aromatic N) is 1. The third-order valence-corrected chi connectivity index (χ3v) is 2.34. The first-order valence-corrected chi connectivity index (χ1v) is 5.00. The van der Waals surface area contributed by atoms with Crippen LogP contribution in [0.15, 0.2) is 0 Å². The lowest BCUT2D eigenvalue weighted by Crippen LogP contribution is -2.40. The van der Waals surface area contributed by atoms with Crippen LogP contribution in [0, 0.1) is 0 Å². The van der Waals surface area contributed by atoms with Crippen LogP contribution < -0.4 is 0 Å². The van der Waals surface area contributed by atoms with Gasteiger partial charge in [-0.1, -0.05) is 0 Å². The van der Waals surface area contributed by atoms with E-state index in [1.54, 1.807) is 0 Å². The van der Waals surface area contributed by atoms with Crippen LogP contribution in [-0.2, 0) is 14.3 Å². The number of carboxylic acids is 1. The van der Waals surface area contributed by atoms with Gasteiger partial charge in [-0.3, -0.25) is 9.59 Å². The van der Waals surface area contributed by atoms with E-state index in [1.165, 1.54) is 0 Å². The predicted octanol–water partition coefficient (Wildman–Crippen LogP) is 0.641. The lowest BCUT2D eigenvalue weighted by molar-refractivity contribution is -0.184. The van der Waals surface area contributed by atoms with Crippen molar-refractivity contribution < 1.29 is 32.6 Å². The summed E-state index contributed by atoms with van der Waals surface area (Å²) >= 11 is 0. The number of ether oxygens (including phenoxy) is 1. The molecule has 0 bridgehead atoms. The number of alkyl halides is 3. The fourth-order valence-electron chi connectivity index (χ4n) is 1.54. The summed E-state index contributed by atoms with van der Waals surface area (Å²) in [6, 6.07) is 0. The molecule has 8 heteroatoms. The van der Waals surface area contributed by atoms with Crippen molar-refractivity contribution in [3.05, 3.63) is 0 Å². The second-order valence-corrected chi connectivity index (χ2v) is 3.67. The molecule has 1 fully saturated rings. The quantitative estimate of drug-likeness (QED) is 0.800. The molecule has 0 aromatic carbocycles. The predicted molar refractivity (Wildman–Crippen MR) is 49.2 cm³/mol. The van der Waals surface area contributed by atoms with Gasteiger partial charge in [0.15, 0.2) is 0 Å². The van der Waals surface area contributed by atoms with Crippen molar-refractivity contribution >= 4 is 11.9 Å². The summed E-state index contributed by atoms with van der Waals surface area (Å²) in [6.07, 6.45) is -5.29. The molecule has 1 unspecified atom stereocenters. The van der Waals surface area contributed by atoms with Crippen LogP contribution in [0.25, 0.3) is 0 Å². The number of carboxylic acid groups (broad SMARTS) is 1. The molecule has 1 N–H and O–H groups in total. The summed E-state index contributed by atoms with van der Waals surface area (Å²) in [5.41, 5.74) is 0. The van der Waals surface area contributed by atoms with Gasteiger partial charge in [-0.05, 0) is 6.42 Å². The molecule has 1 saturated heterocycles. The van der Waals surface area contributed by atoms with E-state index in [0.29, 0.717) is 11.3 Å². The molecule has 17 heavy (non-hydrogen) atoms. The Hall–Kier alpha value is -1.31. The maximum atomic E-state index is 12.1. The average Bonchev–Trinajstić information content (AvgIpc) is 2.63. The van der Waals surface area contributed by atoms with Crippen molar-refractivity contribution in [3.63, 3.8) is 0 Å². The molecule has 5 nitrogen and oxygen atoms in total. The number of halogens is 3. The summed E-state index contributed by atoms with van der Waals surface area (Å²) in [7, 11) is 0. The number of hydrogen-bond donors (Lipinski definition) is 1. The van der Waals surface area contributed by atoms with Crippen molar-refractivity contribution in [2.24, 2.45) is 0 Å². The highest BCUT2D eigenvalue weighted by atomic mass is 19.4. The van der Waals surface area contributed by atoms with E-state index < -0.39 is 24.2 Å². The van der Waals surface area contributed by atoms with Crippen molar-refractivity contribution in [2.45, 2.75) is 25.1 Å². The molecular weight excluding hydrogens is 243 g/mol. The van der Waals surface area contributed by atoms with Crippen LogP contribution >= 0.6 is 0 Å². The van der Waals surface area contributed by atoms with Gasteiger partial charge >= 0.3 is 18.1 Å². The molecule has 0 aromatic rings. The third-order valence-electron chi connectivity index (χ3n) is 2.34. The number of rotatable bonds is 4. The van der Waals surface area contributed by atoms with E-state index in [-0.39, 0.29) is 26.1 Å². The van der Waals surface area contributed by atoms with Gasteiger partial charge in [-0.2, -0.15) is 13.2 Å². The molecule has 1 amide bonds. The molecule has 1 aliphatic heterocycles. The lowest BCUT2D eigenvalue weighted by atomic mass is 10.3. The highest BCUT2D eigenvalue weighted by Gasteiger charge is 2.44. The topological polar surface area (TPSA) is 66.8 Å². The Kier molecular flexibility index (Phi) is 4.33. The second kappa shape index (κ2) is 5.35. The number of hydrogen-bond acceptors (Lipinski definition) is 3. The fraction of sp³-hybridized carbons (Fsp3) is 0.778. The highest BCUT2D eigenvalue weighted by Crippen LogP contribution is 2.22. The Morgan fingerprint density at radius 3 is 2.59 bits per heavy atom. The monoisotopic (exact) mass is 255 g/mol. The summed E-state index contributed by atoms with van der Waals surface area (Å²) in [5, 5.41) is 8.34. The molecule has 1 atom stereocenters. The first-order valence-electron chi connectivity index (χ1n) is 5.00. The van der Waals surface area contributed by atoms with Gasteiger partial charge < -0.3 is 14.7 Å². The number of carbonyl (C=O) groups excluding carboxylic acids is 1. The van der Waals surface area contributed by atoms with E-state index >= 15 is 0 Å². The summed E-state index contributed by atoms with van der Waals surface area (Å²) in [4.78, 5) is 21.7. The molecule has 1 heterocycles. The first kappa shape index (κ1) is 13.8. The van der Waals surface area contributed by atoms with Crippen LogP contribution in [-0.4, -0.2) is 53.9 Å². The van der Waals surface area contributed by atoms with Crippen LogP contribution in [0.4, 0.5) is 13.2 Å². The largest absolute Gasteiger partial charge is 0.481 e. The van der Waals surface area contributed by atoms with Gasteiger partial charge in [0, 0.05) is 13.1 Å². The van der Waals surface area contributed by atoms with E-state index in [0.717, 1.165) is 0 Å². The van der Waals surface area contributed by atoms with Crippen molar-refractivity contribution in [1.82, 2.24) is 4.90 Å². The summed E-state index contributed by atoms with van der Waals surface area (Å²) < 4.78 is 41.3. The summed E-state index contributed by atoms with van der Waals surface area (Å²) in [6.45, 7) is -0.220. The van der Waals surface area contributed by atoms with Gasteiger partial charge in [0.25, 0.3) is 0 Å². The Morgan fingerprint density at radius 2 is 2.06 bits per heavy atom. The minimum atomic E-state index is -4.87. The van der Waals surface area contributed by atoms with Crippen molar-refractivity contribution in [3.8, 4) is 0 Å². The van der Waals surface area contributed by atoms with E-state index in [1.807, 2.05) is 0 Å². The molecule has 0 spiro atoms. The molecular formula is C9H12F3NO4. The van der Waals surface area contributed by atoms with Gasteiger partial charge in [0.1, 0.15) is 0 Å². The number of amides is 1. The second-order valence-electron chi connectivity index (χ2n) is 3.67. The Labute approximate surface area is 95.1 Å². The third kappa shape index (κ3) is 4.22. The summed E-state index contributed by atoms with van der Waals surface area (Å²) in [5.74, 6) is -2.91. The molecule has 1 rings (SSSR count). The standard InChI is InChI=1S/C9H12F3NO4/c10-9(11,12)8(16)13-3-1-6(5-13)17-4-2-7(14)15/h6H,1-5H2,(H,14,15). The Bertz CT molecular complexity index is 305. The van der Waals surface area contributed by atoms with E-state index in [9.17, 15) is 22.8 Å². The first-order chi connectivity index (χ1) is 7.80. The zero-order chi connectivity index (χ0) is 13.1. The molecule has 98 valence electrons. The molecule has 0 aliphatic carbocycles. The van der Waals surface area contributed by atoms with Crippen LogP contribution in [0.5, 0.6) is 0 Å². The number of aliphatic carboxylic acids is 1. The van der Waals surface area contributed by atoms with Gasteiger partial charge in [0.2, 0.25) is 0 Å². The van der Waals surface area contributed by atoms with E-state index in [2.05, 4.69) is 0 Å². The lowest BCUT2D eigenvalue weighted by Gasteiger charge is -2.17. The maximum absolute atomic E-state index is 12.1. The van der Waals surface area contributed by atoms with Crippen LogP contribution in [0.2, 0.25) is 0 Å². The van der Waals surface area contributed by atoms with Gasteiger partial charge in [-0.25, -0.2) is 0 Å².